The summed E-state index contributed by atoms with van der Waals surface area (Å²) < 4.78 is 0. The van der Waals surface area contributed by atoms with Gasteiger partial charge >= 0.3 is 0 Å². The highest BCUT2D eigenvalue weighted by molar-refractivity contribution is 5.86. The lowest BCUT2D eigenvalue weighted by Crippen LogP contribution is -2.46. The molecule has 0 unspecified atom stereocenters. The molecular formula is C22H32N2O2. The molecular weight excluding hydrogens is 324 g/mol. The van der Waals surface area contributed by atoms with Crippen molar-refractivity contribution >= 4 is 11.8 Å². The predicted molar refractivity (Wildman–Crippen MR) is 104 cm³/mol. The number of fused-ring (bicyclic) bond motifs is 1. The van der Waals surface area contributed by atoms with Crippen LogP contribution in [0, 0.1) is 5.92 Å². The van der Waals surface area contributed by atoms with Crippen LogP contribution < -0.4 is 0 Å². The first-order valence-electron chi connectivity index (χ1n) is 10.3. The molecule has 26 heavy (non-hydrogen) atoms. The SMILES string of the molecule is CCCCN(CC(=O)N1CCc2ccccc2C1)C(=O)C1CCCCC1. The minimum absolute atomic E-state index is 0.0970. The van der Waals surface area contributed by atoms with E-state index in [1.54, 1.807) is 0 Å². The topological polar surface area (TPSA) is 40.6 Å². The summed E-state index contributed by atoms with van der Waals surface area (Å²) in [6, 6.07) is 8.35. The van der Waals surface area contributed by atoms with Gasteiger partial charge in [-0.3, -0.25) is 9.59 Å². The smallest absolute Gasteiger partial charge is 0.242 e. The molecule has 0 radical (unpaired) electrons. The first-order chi connectivity index (χ1) is 12.7. The molecule has 4 nitrogen and oxygen atoms in total. The molecule has 2 amide bonds. The van der Waals surface area contributed by atoms with Gasteiger partial charge in [-0.25, -0.2) is 0 Å². The number of hydrogen-bond acceptors (Lipinski definition) is 2. The number of benzene rings is 1. The van der Waals surface area contributed by atoms with Crippen molar-refractivity contribution < 1.29 is 9.59 Å². The van der Waals surface area contributed by atoms with Crippen molar-refractivity contribution in [3.63, 3.8) is 0 Å². The van der Waals surface area contributed by atoms with Gasteiger partial charge < -0.3 is 9.80 Å². The maximum Gasteiger partial charge on any atom is 0.242 e. The highest BCUT2D eigenvalue weighted by Gasteiger charge is 2.29. The Balaban J connectivity index is 1.62. The summed E-state index contributed by atoms with van der Waals surface area (Å²) >= 11 is 0. The molecule has 1 saturated carbocycles. The van der Waals surface area contributed by atoms with E-state index >= 15 is 0 Å². The number of rotatable bonds is 6. The predicted octanol–water partition coefficient (Wildman–Crippen LogP) is 3.78. The number of carbonyl (C=O) groups is 2. The second-order valence-corrected chi connectivity index (χ2v) is 7.78. The summed E-state index contributed by atoms with van der Waals surface area (Å²) in [6.07, 6.45) is 8.44. The summed E-state index contributed by atoms with van der Waals surface area (Å²) in [5.74, 6) is 0.444. The minimum Gasteiger partial charge on any atom is -0.336 e. The lowest BCUT2D eigenvalue weighted by molar-refractivity contribution is -0.144. The molecule has 1 aliphatic heterocycles. The van der Waals surface area contributed by atoms with E-state index in [1.165, 1.54) is 17.5 Å². The fourth-order valence-corrected chi connectivity index (χ4v) is 4.20. The van der Waals surface area contributed by atoms with E-state index in [0.29, 0.717) is 13.1 Å². The molecule has 1 aliphatic carbocycles. The van der Waals surface area contributed by atoms with Gasteiger partial charge in [0.25, 0.3) is 0 Å². The maximum absolute atomic E-state index is 13.0. The lowest BCUT2D eigenvalue weighted by Gasteiger charge is -2.33. The average Bonchev–Trinajstić information content (AvgIpc) is 2.70. The van der Waals surface area contributed by atoms with Gasteiger partial charge in [0, 0.05) is 25.6 Å². The standard InChI is InChI=1S/C22H32N2O2/c1-2-3-14-24(22(26)19-10-5-4-6-11-19)17-21(25)23-15-13-18-9-7-8-12-20(18)16-23/h7-9,12,19H,2-6,10-11,13-17H2,1H3. The monoisotopic (exact) mass is 356 g/mol. The van der Waals surface area contributed by atoms with Crippen molar-refractivity contribution in [3.8, 4) is 0 Å². The quantitative estimate of drug-likeness (QED) is 0.778. The Labute approximate surface area is 157 Å². The summed E-state index contributed by atoms with van der Waals surface area (Å²) in [6.45, 7) is 4.52. The van der Waals surface area contributed by atoms with Gasteiger partial charge in [-0.05, 0) is 36.8 Å². The van der Waals surface area contributed by atoms with Gasteiger partial charge in [-0.1, -0.05) is 56.9 Å². The van der Waals surface area contributed by atoms with Crippen molar-refractivity contribution in [1.82, 2.24) is 9.80 Å². The van der Waals surface area contributed by atoms with Crippen molar-refractivity contribution in [2.75, 3.05) is 19.6 Å². The van der Waals surface area contributed by atoms with Gasteiger partial charge in [-0.2, -0.15) is 0 Å². The molecule has 1 heterocycles. The Morgan fingerprint density at radius 3 is 2.58 bits per heavy atom. The zero-order chi connectivity index (χ0) is 18.4. The van der Waals surface area contributed by atoms with E-state index in [-0.39, 0.29) is 24.3 Å². The molecule has 142 valence electrons. The van der Waals surface area contributed by atoms with Crippen LogP contribution in [0.2, 0.25) is 0 Å². The maximum atomic E-state index is 13.0. The molecule has 0 N–H and O–H groups in total. The molecule has 3 rings (SSSR count). The van der Waals surface area contributed by atoms with Crippen molar-refractivity contribution in [1.29, 1.82) is 0 Å². The van der Waals surface area contributed by atoms with Crippen LogP contribution in [0.4, 0.5) is 0 Å². The molecule has 2 aliphatic rings. The molecule has 0 aromatic heterocycles. The van der Waals surface area contributed by atoms with Gasteiger partial charge in [-0.15, -0.1) is 0 Å². The van der Waals surface area contributed by atoms with Crippen LogP contribution in [0.3, 0.4) is 0 Å². The summed E-state index contributed by atoms with van der Waals surface area (Å²) in [4.78, 5) is 29.7. The van der Waals surface area contributed by atoms with Gasteiger partial charge in [0.15, 0.2) is 0 Å². The van der Waals surface area contributed by atoms with Gasteiger partial charge in [0.2, 0.25) is 11.8 Å². The zero-order valence-corrected chi connectivity index (χ0v) is 16.1. The van der Waals surface area contributed by atoms with Gasteiger partial charge in [0.05, 0.1) is 6.54 Å². The van der Waals surface area contributed by atoms with Crippen molar-refractivity contribution in [3.05, 3.63) is 35.4 Å². The molecule has 1 aromatic rings. The molecule has 4 heteroatoms. The van der Waals surface area contributed by atoms with Crippen LogP contribution in [-0.2, 0) is 22.6 Å². The van der Waals surface area contributed by atoms with Crippen LogP contribution in [-0.4, -0.2) is 41.2 Å². The molecule has 1 fully saturated rings. The van der Waals surface area contributed by atoms with E-state index in [1.807, 2.05) is 15.9 Å². The Kier molecular flexibility index (Phi) is 6.70. The van der Waals surface area contributed by atoms with E-state index in [0.717, 1.165) is 51.5 Å². The first kappa shape index (κ1) is 18.9. The van der Waals surface area contributed by atoms with Crippen LogP contribution in [0.1, 0.15) is 63.0 Å². The Hall–Kier alpha value is -1.84. The highest BCUT2D eigenvalue weighted by Crippen LogP contribution is 2.26. The third kappa shape index (κ3) is 4.66. The molecule has 0 spiro atoms. The zero-order valence-electron chi connectivity index (χ0n) is 16.1. The van der Waals surface area contributed by atoms with Crippen molar-refractivity contribution in [2.45, 2.75) is 64.8 Å². The second-order valence-electron chi connectivity index (χ2n) is 7.78. The fourth-order valence-electron chi connectivity index (χ4n) is 4.20. The van der Waals surface area contributed by atoms with E-state index in [9.17, 15) is 9.59 Å². The van der Waals surface area contributed by atoms with Crippen LogP contribution in [0.5, 0.6) is 0 Å². The molecule has 0 saturated heterocycles. The first-order valence-corrected chi connectivity index (χ1v) is 10.3. The summed E-state index contributed by atoms with van der Waals surface area (Å²) in [5.41, 5.74) is 2.59. The molecule has 0 atom stereocenters. The molecule has 0 bridgehead atoms. The Bertz CT molecular complexity index is 622. The molecule has 1 aromatic carbocycles. The number of nitrogens with zero attached hydrogens (tertiary/aromatic N) is 2. The summed E-state index contributed by atoms with van der Waals surface area (Å²) in [5, 5.41) is 0. The van der Waals surface area contributed by atoms with Crippen LogP contribution >= 0.6 is 0 Å². The normalized spacial score (nSPS) is 17.7. The number of carbonyl (C=O) groups excluding carboxylic acids is 2. The lowest BCUT2D eigenvalue weighted by atomic mass is 9.88. The number of unbranched alkanes of at least 4 members (excludes halogenated alkanes) is 1. The largest absolute Gasteiger partial charge is 0.336 e. The van der Waals surface area contributed by atoms with Crippen LogP contribution in [0.15, 0.2) is 24.3 Å². The van der Waals surface area contributed by atoms with Crippen LogP contribution in [0.25, 0.3) is 0 Å². The average molecular weight is 357 g/mol. The van der Waals surface area contributed by atoms with E-state index in [4.69, 9.17) is 0 Å². The van der Waals surface area contributed by atoms with Gasteiger partial charge in [0.1, 0.15) is 0 Å². The Morgan fingerprint density at radius 1 is 1.12 bits per heavy atom. The number of hydrogen-bond donors (Lipinski definition) is 0. The van der Waals surface area contributed by atoms with E-state index < -0.39 is 0 Å². The number of amides is 2. The minimum atomic E-state index is 0.0970. The van der Waals surface area contributed by atoms with E-state index in [2.05, 4.69) is 25.1 Å². The third-order valence-corrected chi connectivity index (χ3v) is 5.86. The fraction of sp³-hybridized carbons (Fsp3) is 0.636. The summed E-state index contributed by atoms with van der Waals surface area (Å²) in [7, 11) is 0. The second kappa shape index (κ2) is 9.20. The third-order valence-electron chi connectivity index (χ3n) is 5.86. The Morgan fingerprint density at radius 2 is 1.85 bits per heavy atom. The van der Waals surface area contributed by atoms with Crippen molar-refractivity contribution in [2.24, 2.45) is 5.92 Å². The highest BCUT2D eigenvalue weighted by atomic mass is 16.2.